The standard InChI is InChI=1S/C21H19BrF5N3O4S/c22-11-1-2-16(15(5-11)21(25,26)27)35(33,34)12-6-13(17(31)29-19(8-28)3-4-19)14(7-12)18(32)30-9-20(23,24)10-30/h1-2,5,12-14H,3-4,6-7,9-10H2,(H,29,31)/t12-,13-,14-/m1/s1. The quantitative estimate of drug-likeness (QED) is 0.535. The van der Waals surface area contributed by atoms with Gasteiger partial charge >= 0.3 is 6.18 Å². The lowest BCUT2D eigenvalue weighted by atomic mass is 9.92. The van der Waals surface area contributed by atoms with E-state index in [4.69, 9.17) is 0 Å². The molecule has 1 aliphatic heterocycles. The zero-order valence-electron chi connectivity index (χ0n) is 17.9. The molecule has 1 heterocycles. The van der Waals surface area contributed by atoms with E-state index in [2.05, 4.69) is 21.2 Å². The van der Waals surface area contributed by atoms with Crippen molar-refractivity contribution < 1.29 is 40.0 Å². The van der Waals surface area contributed by atoms with E-state index in [1.54, 1.807) is 0 Å². The van der Waals surface area contributed by atoms with Crippen LogP contribution in [0.15, 0.2) is 27.6 Å². The lowest BCUT2D eigenvalue weighted by Gasteiger charge is -2.40. The van der Waals surface area contributed by atoms with Gasteiger partial charge in [0.2, 0.25) is 11.8 Å². The zero-order chi connectivity index (χ0) is 26.0. The van der Waals surface area contributed by atoms with E-state index in [0.29, 0.717) is 18.9 Å². The van der Waals surface area contributed by atoms with Crippen LogP contribution in [0, 0.1) is 23.2 Å². The molecule has 2 aliphatic carbocycles. The van der Waals surface area contributed by atoms with E-state index in [1.165, 1.54) is 0 Å². The van der Waals surface area contributed by atoms with Gasteiger partial charge in [-0.15, -0.1) is 0 Å². The highest BCUT2D eigenvalue weighted by atomic mass is 79.9. The number of nitrogens with one attached hydrogen (secondary N) is 1. The lowest BCUT2D eigenvalue weighted by Crippen LogP contribution is -2.60. The van der Waals surface area contributed by atoms with Crippen LogP contribution >= 0.6 is 15.9 Å². The van der Waals surface area contributed by atoms with Crippen LogP contribution in [0.25, 0.3) is 0 Å². The van der Waals surface area contributed by atoms with Gasteiger partial charge in [0.05, 0.1) is 46.7 Å². The molecule has 3 atom stereocenters. The topological polar surface area (TPSA) is 107 Å². The number of alkyl halides is 5. The first kappa shape index (κ1) is 25.8. The number of nitrogens with zero attached hydrogens (tertiary/aromatic N) is 2. The minimum atomic E-state index is -4.99. The van der Waals surface area contributed by atoms with Gasteiger partial charge in [-0.1, -0.05) is 15.9 Å². The number of benzene rings is 1. The minimum absolute atomic E-state index is 0.00505. The number of hydrogen-bond donors (Lipinski definition) is 1. The summed E-state index contributed by atoms with van der Waals surface area (Å²) in [4.78, 5) is 25.7. The van der Waals surface area contributed by atoms with Gasteiger partial charge < -0.3 is 10.2 Å². The molecule has 2 amide bonds. The summed E-state index contributed by atoms with van der Waals surface area (Å²) in [7, 11) is -4.68. The van der Waals surface area contributed by atoms with Crippen LogP contribution in [0.4, 0.5) is 22.0 Å². The molecule has 0 bridgehead atoms. The van der Waals surface area contributed by atoms with Crippen LogP contribution in [-0.4, -0.2) is 54.9 Å². The van der Waals surface area contributed by atoms with E-state index < -0.39 is 92.8 Å². The normalized spacial score (nSPS) is 27.0. The highest BCUT2D eigenvalue weighted by Gasteiger charge is 2.55. The van der Waals surface area contributed by atoms with E-state index in [9.17, 15) is 45.2 Å². The predicted molar refractivity (Wildman–Crippen MR) is 114 cm³/mol. The molecule has 2 saturated carbocycles. The van der Waals surface area contributed by atoms with Crippen LogP contribution in [0.3, 0.4) is 0 Å². The third-order valence-corrected chi connectivity index (χ3v) is 9.37. The summed E-state index contributed by atoms with van der Waals surface area (Å²) in [5.74, 6) is -7.38. The maximum absolute atomic E-state index is 13.6. The first-order valence-electron chi connectivity index (χ1n) is 10.6. The van der Waals surface area contributed by atoms with Gasteiger partial charge in [0.1, 0.15) is 5.54 Å². The van der Waals surface area contributed by atoms with E-state index in [1.807, 2.05) is 6.07 Å². The molecule has 7 nitrogen and oxygen atoms in total. The molecule has 0 radical (unpaired) electrons. The molecule has 1 saturated heterocycles. The van der Waals surface area contributed by atoms with Crippen LogP contribution in [0.2, 0.25) is 0 Å². The van der Waals surface area contributed by atoms with Crippen molar-refractivity contribution in [1.82, 2.24) is 10.2 Å². The van der Waals surface area contributed by atoms with Crippen molar-refractivity contribution in [1.29, 1.82) is 5.26 Å². The van der Waals surface area contributed by atoms with Crippen LogP contribution in [-0.2, 0) is 25.6 Å². The number of halogens is 6. The Morgan fingerprint density at radius 3 is 2.26 bits per heavy atom. The third kappa shape index (κ3) is 4.89. The summed E-state index contributed by atoms with van der Waals surface area (Å²) in [5, 5.41) is 10.2. The summed E-state index contributed by atoms with van der Waals surface area (Å²) in [5.41, 5.74) is -2.54. The van der Waals surface area contributed by atoms with E-state index >= 15 is 0 Å². The zero-order valence-corrected chi connectivity index (χ0v) is 20.3. The van der Waals surface area contributed by atoms with Crippen molar-refractivity contribution >= 4 is 37.6 Å². The highest BCUT2D eigenvalue weighted by molar-refractivity contribution is 9.10. The van der Waals surface area contributed by atoms with Crippen molar-refractivity contribution in [2.24, 2.45) is 11.8 Å². The highest BCUT2D eigenvalue weighted by Crippen LogP contribution is 2.45. The Bertz CT molecular complexity index is 1220. The van der Waals surface area contributed by atoms with Gasteiger partial charge in [-0.25, -0.2) is 17.2 Å². The first-order valence-corrected chi connectivity index (χ1v) is 12.9. The largest absolute Gasteiger partial charge is 0.417 e. The Labute approximate surface area is 205 Å². The molecule has 35 heavy (non-hydrogen) atoms. The van der Waals surface area contributed by atoms with Crippen molar-refractivity contribution in [2.75, 3.05) is 13.1 Å². The Morgan fingerprint density at radius 1 is 1.14 bits per heavy atom. The van der Waals surface area contributed by atoms with Crippen LogP contribution < -0.4 is 5.32 Å². The monoisotopic (exact) mass is 583 g/mol. The Hall–Kier alpha value is -2.27. The van der Waals surface area contributed by atoms with Gasteiger partial charge in [-0.2, -0.15) is 18.4 Å². The summed E-state index contributed by atoms with van der Waals surface area (Å²) in [6.07, 6.45) is -5.27. The second-order valence-electron chi connectivity index (χ2n) is 9.22. The number of likely N-dealkylation sites (tertiary alicyclic amines) is 1. The summed E-state index contributed by atoms with van der Waals surface area (Å²) < 4.78 is 94.1. The molecule has 190 valence electrons. The van der Waals surface area contributed by atoms with Crippen LogP contribution in [0.1, 0.15) is 31.2 Å². The number of amides is 2. The molecule has 0 spiro atoms. The fraction of sp³-hybridized carbons (Fsp3) is 0.571. The molecule has 3 fully saturated rings. The van der Waals surface area contributed by atoms with Crippen molar-refractivity contribution in [3.05, 3.63) is 28.2 Å². The fourth-order valence-corrected chi connectivity index (χ4v) is 6.96. The second kappa shape index (κ2) is 8.40. The Morgan fingerprint density at radius 2 is 1.74 bits per heavy atom. The number of nitriles is 1. The second-order valence-corrected chi connectivity index (χ2v) is 12.3. The molecule has 0 unspecified atom stereocenters. The van der Waals surface area contributed by atoms with Gasteiger partial charge in [0.15, 0.2) is 9.84 Å². The fourth-order valence-electron chi connectivity index (χ4n) is 4.58. The van der Waals surface area contributed by atoms with E-state index in [-0.39, 0.29) is 4.47 Å². The van der Waals surface area contributed by atoms with Gasteiger partial charge in [-0.05, 0) is 43.9 Å². The Balaban J connectivity index is 1.66. The van der Waals surface area contributed by atoms with Crippen LogP contribution in [0.5, 0.6) is 0 Å². The predicted octanol–water partition coefficient (Wildman–Crippen LogP) is 3.29. The number of sulfone groups is 1. The van der Waals surface area contributed by atoms with Gasteiger partial charge in [0, 0.05) is 4.47 Å². The molecule has 1 aromatic carbocycles. The average molecular weight is 584 g/mol. The molecule has 1 N–H and O–H groups in total. The number of rotatable bonds is 5. The Kier molecular flexibility index (Phi) is 6.19. The number of carbonyl (C=O) groups excluding carboxylic acids is 2. The molecular weight excluding hydrogens is 565 g/mol. The lowest BCUT2D eigenvalue weighted by molar-refractivity contribution is -0.171. The van der Waals surface area contributed by atoms with Crippen molar-refractivity contribution in [2.45, 2.75) is 53.5 Å². The van der Waals surface area contributed by atoms with Crippen molar-refractivity contribution in [3.8, 4) is 6.07 Å². The third-order valence-electron chi connectivity index (χ3n) is 6.65. The molecular formula is C21H19BrF5N3O4S. The first-order chi connectivity index (χ1) is 16.1. The summed E-state index contributed by atoms with van der Waals surface area (Å²) in [6.45, 7) is -1.78. The molecule has 3 aliphatic rings. The van der Waals surface area contributed by atoms with E-state index in [0.717, 1.165) is 17.0 Å². The summed E-state index contributed by atoms with van der Waals surface area (Å²) >= 11 is 2.89. The number of hydrogen-bond acceptors (Lipinski definition) is 5. The smallest absolute Gasteiger partial charge is 0.338 e. The molecule has 1 aromatic rings. The summed E-state index contributed by atoms with van der Waals surface area (Å²) in [6, 6.07) is 4.49. The van der Waals surface area contributed by atoms with Gasteiger partial charge in [-0.3, -0.25) is 9.59 Å². The molecule has 0 aromatic heterocycles. The van der Waals surface area contributed by atoms with Gasteiger partial charge in [0.25, 0.3) is 5.92 Å². The number of carbonyl (C=O) groups is 2. The maximum Gasteiger partial charge on any atom is 0.417 e. The molecule has 14 heteroatoms. The van der Waals surface area contributed by atoms with Crippen molar-refractivity contribution in [3.63, 3.8) is 0 Å². The molecule has 4 rings (SSSR count). The average Bonchev–Trinajstić information content (AvgIpc) is 3.35. The SMILES string of the molecule is N#CC1(NC(=O)[C@@H]2C[C@@H](S(=O)(=O)c3ccc(Br)cc3C(F)(F)F)C[C@H]2C(=O)N2CC(F)(F)C2)CC1. The minimum Gasteiger partial charge on any atom is -0.338 e. The maximum atomic E-state index is 13.6.